The molecule has 2 aliphatic rings. The van der Waals surface area contributed by atoms with Gasteiger partial charge in [-0.15, -0.1) is 10.2 Å². The van der Waals surface area contributed by atoms with Crippen LogP contribution in [0.15, 0.2) is 29.7 Å². The fourth-order valence-electron chi connectivity index (χ4n) is 3.69. The molecule has 1 saturated heterocycles. The third kappa shape index (κ3) is 3.63. The van der Waals surface area contributed by atoms with Crippen LogP contribution in [0.4, 0.5) is 0 Å². The molecular formula is C19H25N5OS. The summed E-state index contributed by atoms with van der Waals surface area (Å²) in [4.78, 5) is 19.0. The van der Waals surface area contributed by atoms with E-state index in [0.29, 0.717) is 17.8 Å². The molecule has 1 saturated carbocycles. The maximum atomic E-state index is 12.8. The Balaban J connectivity index is 1.48. The van der Waals surface area contributed by atoms with Gasteiger partial charge in [-0.3, -0.25) is 14.3 Å². The number of carbonyl (C=O) groups is 1. The van der Waals surface area contributed by atoms with Crippen LogP contribution in [0.3, 0.4) is 0 Å². The number of piperidine rings is 1. The minimum Gasteiger partial charge on any atom is -0.339 e. The van der Waals surface area contributed by atoms with Gasteiger partial charge in [0.25, 0.3) is 0 Å². The van der Waals surface area contributed by atoms with E-state index in [9.17, 15) is 4.79 Å². The van der Waals surface area contributed by atoms with Crippen molar-refractivity contribution >= 4 is 17.7 Å². The van der Waals surface area contributed by atoms with Crippen LogP contribution in [-0.4, -0.2) is 48.9 Å². The number of pyridine rings is 1. The summed E-state index contributed by atoms with van der Waals surface area (Å²) in [6.45, 7) is 3.07. The summed E-state index contributed by atoms with van der Waals surface area (Å²) in [7, 11) is 0. The predicted octanol–water partition coefficient (Wildman–Crippen LogP) is 3.56. The van der Waals surface area contributed by atoms with Crippen LogP contribution >= 0.6 is 11.8 Å². The largest absolute Gasteiger partial charge is 0.339 e. The molecule has 2 aromatic rings. The van der Waals surface area contributed by atoms with Crippen LogP contribution in [0.5, 0.6) is 0 Å². The average molecular weight is 372 g/mol. The summed E-state index contributed by atoms with van der Waals surface area (Å²) < 4.78 is 2.20. The van der Waals surface area contributed by atoms with Crippen molar-refractivity contribution in [2.24, 2.45) is 0 Å². The molecule has 3 heterocycles. The zero-order chi connectivity index (χ0) is 17.9. The van der Waals surface area contributed by atoms with E-state index in [1.54, 1.807) is 6.20 Å². The molecule has 4 rings (SSSR count). The molecule has 0 aromatic carbocycles. The molecule has 1 aliphatic heterocycles. The first-order valence-corrected chi connectivity index (χ1v) is 10.5. The van der Waals surface area contributed by atoms with E-state index in [1.807, 2.05) is 18.3 Å². The van der Waals surface area contributed by atoms with Crippen molar-refractivity contribution in [3.8, 4) is 11.4 Å². The number of likely N-dealkylation sites (tertiary alicyclic amines) is 1. The van der Waals surface area contributed by atoms with Gasteiger partial charge in [0.2, 0.25) is 5.91 Å². The van der Waals surface area contributed by atoms with Gasteiger partial charge >= 0.3 is 0 Å². The molecule has 0 spiro atoms. The van der Waals surface area contributed by atoms with E-state index < -0.39 is 0 Å². The molecular weight excluding hydrogens is 346 g/mol. The number of aromatic nitrogens is 4. The van der Waals surface area contributed by atoms with Gasteiger partial charge in [0.1, 0.15) is 0 Å². The van der Waals surface area contributed by atoms with Crippen molar-refractivity contribution < 1.29 is 4.79 Å². The number of carbonyl (C=O) groups excluding carboxylic acids is 1. The quantitative estimate of drug-likeness (QED) is 0.727. The van der Waals surface area contributed by atoms with Gasteiger partial charge in [-0.2, -0.15) is 0 Å². The Bertz CT molecular complexity index is 759. The Morgan fingerprint density at radius 2 is 2.15 bits per heavy atom. The van der Waals surface area contributed by atoms with Crippen molar-refractivity contribution in [1.29, 1.82) is 0 Å². The molecule has 2 fully saturated rings. The Hall–Kier alpha value is -1.89. The molecule has 0 bridgehead atoms. The van der Waals surface area contributed by atoms with E-state index in [-0.39, 0.29) is 5.91 Å². The molecule has 0 radical (unpaired) electrons. The first-order chi connectivity index (χ1) is 12.8. The maximum absolute atomic E-state index is 12.8. The minimum atomic E-state index is 0.231. The lowest BCUT2D eigenvalue weighted by molar-refractivity contribution is -0.132. The lowest BCUT2D eigenvalue weighted by Gasteiger charge is -2.35. The van der Waals surface area contributed by atoms with Gasteiger partial charge in [0.15, 0.2) is 11.0 Å². The number of hydrogen-bond acceptors (Lipinski definition) is 5. The van der Waals surface area contributed by atoms with Crippen LogP contribution in [-0.2, 0) is 4.79 Å². The highest BCUT2D eigenvalue weighted by Crippen LogP contribution is 2.41. The van der Waals surface area contributed by atoms with Crippen LogP contribution < -0.4 is 0 Å². The number of thioether (sulfide) groups is 1. The van der Waals surface area contributed by atoms with Gasteiger partial charge in [0.05, 0.1) is 5.75 Å². The zero-order valence-corrected chi connectivity index (χ0v) is 16.0. The molecule has 0 N–H and O–H groups in total. The lowest BCUT2D eigenvalue weighted by Crippen LogP contribution is -2.44. The van der Waals surface area contributed by atoms with Crippen molar-refractivity contribution in [2.45, 2.75) is 62.7 Å². The van der Waals surface area contributed by atoms with E-state index in [1.165, 1.54) is 18.2 Å². The van der Waals surface area contributed by atoms with Crippen molar-refractivity contribution in [3.63, 3.8) is 0 Å². The standard InChI is InChI=1S/C19H25N5OS/c1-2-15-7-3-4-11-23(15)17(25)13-26-19-22-21-18(24(19)16-8-9-16)14-6-5-10-20-12-14/h5-6,10,12,15-16H,2-4,7-9,11,13H2,1H3/t15-/m0/s1. The zero-order valence-electron chi connectivity index (χ0n) is 15.2. The van der Waals surface area contributed by atoms with Crippen molar-refractivity contribution in [2.75, 3.05) is 12.3 Å². The second-order valence-electron chi connectivity index (χ2n) is 7.08. The first-order valence-electron chi connectivity index (χ1n) is 9.55. The van der Waals surface area contributed by atoms with Gasteiger partial charge in [0, 0.05) is 36.6 Å². The van der Waals surface area contributed by atoms with Gasteiger partial charge in [-0.1, -0.05) is 18.7 Å². The summed E-state index contributed by atoms with van der Waals surface area (Å²) in [6.07, 6.45) is 10.4. The number of hydrogen-bond donors (Lipinski definition) is 0. The number of nitrogens with zero attached hydrogens (tertiary/aromatic N) is 5. The fourth-order valence-corrected chi connectivity index (χ4v) is 4.58. The summed E-state index contributed by atoms with van der Waals surface area (Å²) in [5.41, 5.74) is 0.979. The molecule has 7 heteroatoms. The topological polar surface area (TPSA) is 63.9 Å². The Labute approximate surface area is 158 Å². The summed E-state index contributed by atoms with van der Waals surface area (Å²) in [5, 5.41) is 9.64. The molecule has 138 valence electrons. The van der Waals surface area contributed by atoms with Crippen molar-refractivity contribution in [1.82, 2.24) is 24.6 Å². The number of rotatable bonds is 6. The van der Waals surface area contributed by atoms with Crippen LogP contribution in [0.1, 0.15) is 51.5 Å². The van der Waals surface area contributed by atoms with Crippen LogP contribution in [0, 0.1) is 0 Å². The predicted molar refractivity (Wildman–Crippen MR) is 102 cm³/mol. The maximum Gasteiger partial charge on any atom is 0.233 e. The highest BCUT2D eigenvalue weighted by atomic mass is 32.2. The van der Waals surface area contributed by atoms with Crippen LogP contribution in [0.25, 0.3) is 11.4 Å². The summed E-state index contributed by atoms with van der Waals surface area (Å²) in [5.74, 6) is 1.53. The fraction of sp³-hybridized carbons (Fsp3) is 0.579. The van der Waals surface area contributed by atoms with E-state index >= 15 is 0 Å². The van der Waals surface area contributed by atoms with Crippen molar-refractivity contribution in [3.05, 3.63) is 24.5 Å². The van der Waals surface area contributed by atoms with E-state index in [0.717, 1.165) is 55.2 Å². The SMILES string of the molecule is CC[C@H]1CCCCN1C(=O)CSc1nnc(-c2cccnc2)n1C1CC1. The molecule has 1 amide bonds. The highest BCUT2D eigenvalue weighted by Gasteiger charge is 2.31. The van der Waals surface area contributed by atoms with E-state index in [4.69, 9.17) is 0 Å². The Morgan fingerprint density at radius 1 is 1.27 bits per heavy atom. The molecule has 1 aliphatic carbocycles. The second-order valence-corrected chi connectivity index (χ2v) is 8.03. The third-order valence-electron chi connectivity index (χ3n) is 5.24. The summed E-state index contributed by atoms with van der Waals surface area (Å²) in [6, 6.07) is 4.79. The highest BCUT2D eigenvalue weighted by molar-refractivity contribution is 7.99. The molecule has 0 unspecified atom stereocenters. The van der Waals surface area contributed by atoms with Gasteiger partial charge in [-0.25, -0.2) is 0 Å². The Kier molecular flexibility index (Phi) is 5.24. The first kappa shape index (κ1) is 17.5. The lowest BCUT2D eigenvalue weighted by atomic mass is 10.0. The monoisotopic (exact) mass is 371 g/mol. The Morgan fingerprint density at radius 3 is 2.88 bits per heavy atom. The molecule has 26 heavy (non-hydrogen) atoms. The van der Waals surface area contributed by atoms with Crippen LogP contribution in [0.2, 0.25) is 0 Å². The third-order valence-corrected chi connectivity index (χ3v) is 6.17. The molecule has 6 nitrogen and oxygen atoms in total. The molecule has 2 aromatic heterocycles. The normalized spacial score (nSPS) is 20.3. The second kappa shape index (κ2) is 7.78. The van der Waals surface area contributed by atoms with Gasteiger partial charge in [-0.05, 0) is 50.7 Å². The van der Waals surface area contributed by atoms with Gasteiger partial charge < -0.3 is 4.90 Å². The average Bonchev–Trinajstić information content (AvgIpc) is 3.45. The molecule has 1 atom stereocenters. The number of amides is 1. The van der Waals surface area contributed by atoms with E-state index in [2.05, 4.69) is 31.6 Å². The summed E-state index contributed by atoms with van der Waals surface area (Å²) >= 11 is 1.52. The smallest absolute Gasteiger partial charge is 0.233 e. The minimum absolute atomic E-state index is 0.231.